The Hall–Kier alpha value is -2.38. The van der Waals surface area contributed by atoms with E-state index in [0.29, 0.717) is 22.9 Å². The summed E-state index contributed by atoms with van der Waals surface area (Å²) in [6.07, 6.45) is 2.21. The summed E-state index contributed by atoms with van der Waals surface area (Å²) in [6, 6.07) is 15.6. The number of phenolic OH excluding ortho intramolecular Hbond substituents is 2. The van der Waals surface area contributed by atoms with E-state index in [1.165, 1.54) is 12.3 Å². The lowest BCUT2D eigenvalue weighted by Crippen LogP contribution is -2.18. The number of rotatable bonds is 5. The Morgan fingerprint density at radius 3 is 2.63 bits per heavy atom. The molecule has 27 heavy (non-hydrogen) atoms. The van der Waals surface area contributed by atoms with E-state index in [1.54, 1.807) is 0 Å². The number of hydrazone groups is 1. The van der Waals surface area contributed by atoms with Crippen LogP contribution in [0.2, 0.25) is 0 Å². The van der Waals surface area contributed by atoms with E-state index in [4.69, 9.17) is 0 Å². The molecule has 5 nitrogen and oxygen atoms in total. The minimum atomic E-state index is -0.226. The first-order chi connectivity index (χ1) is 13.0. The van der Waals surface area contributed by atoms with Gasteiger partial charge in [0.2, 0.25) is 5.91 Å². The van der Waals surface area contributed by atoms with Gasteiger partial charge < -0.3 is 10.2 Å². The van der Waals surface area contributed by atoms with Crippen molar-refractivity contribution >= 4 is 54.8 Å². The van der Waals surface area contributed by atoms with Gasteiger partial charge in [0.05, 0.1) is 10.7 Å². The molecule has 0 aliphatic heterocycles. The van der Waals surface area contributed by atoms with Crippen LogP contribution in [0.5, 0.6) is 11.5 Å². The lowest BCUT2D eigenvalue weighted by molar-refractivity contribution is -0.121. The maximum absolute atomic E-state index is 12.1. The fraction of sp³-hybridized carbons (Fsp3) is 0.100. The number of nitrogens with zero attached hydrogens (tertiary/aromatic N) is 1. The predicted molar refractivity (Wildman–Crippen MR) is 113 cm³/mol. The highest BCUT2D eigenvalue weighted by Gasteiger charge is 2.13. The molecule has 0 saturated carbocycles. The molecule has 138 valence electrons. The van der Waals surface area contributed by atoms with Crippen LogP contribution in [0, 0.1) is 0 Å². The highest BCUT2D eigenvalue weighted by atomic mass is 79.9. The zero-order valence-corrected chi connectivity index (χ0v) is 17.3. The van der Waals surface area contributed by atoms with Gasteiger partial charge in [-0.15, -0.1) is 0 Å². The summed E-state index contributed by atoms with van der Waals surface area (Å²) in [6.45, 7) is 0. The molecule has 0 saturated heterocycles. The summed E-state index contributed by atoms with van der Waals surface area (Å²) in [5.41, 5.74) is 3.91. The van der Waals surface area contributed by atoms with Crippen LogP contribution in [-0.4, -0.2) is 22.3 Å². The first-order valence-corrected chi connectivity index (χ1v) is 9.74. The third-order valence-electron chi connectivity index (χ3n) is 4.09. The molecule has 3 N–H and O–H groups in total. The van der Waals surface area contributed by atoms with Crippen molar-refractivity contribution in [3.05, 3.63) is 68.6 Å². The molecule has 1 amide bonds. The first-order valence-electron chi connectivity index (χ1n) is 8.16. The van der Waals surface area contributed by atoms with Crippen LogP contribution in [0.3, 0.4) is 0 Å². The van der Waals surface area contributed by atoms with Gasteiger partial charge >= 0.3 is 0 Å². The normalized spacial score (nSPS) is 11.2. The topological polar surface area (TPSA) is 81.9 Å². The Morgan fingerprint density at radius 2 is 1.81 bits per heavy atom. The van der Waals surface area contributed by atoms with Gasteiger partial charge in [-0.05, 0) is 60.7 Å². The Morgan fingerprint density at radius 1 is 1.07 bits per heavy atom. The molecule has 0 aliphatic rings. The van der Waals surface area contributed by atoms with Crippen molar-refractivity contribution in [2.45, 2.75) is 12.8 Å². The molecule has 3 rings (SSSR count). The maximum atomic E-state index is 12.1. The molecule has 0 fully saturated rings. The summed E-state index contributed by atoms with van der Waals surface area (Å²) in [4.78, 5) is 12.1. The quantitative estimate of drug-likeness (QED) is 0.352. The Labute approximate surface area is 173 Å². The van der Waals surface area contributed by atoms with Gasteiger partial charge in [0, 0.05) is 12.0 Å². The molecule has 0 aromatic heterocycles. The molecule has 3 aromatic carbocycles. The fourth-order valence-electron chi connectivity index (χ4n) is 2.70. The van der Waals surface area contributed by atoms with E-state index >= 15 is 0 Å². The van der Waals surface area contributed by atoms with Crippen LogP contribution in [0.15, 0.2) is 62.6 Å². The number of carbonyl (C=O) groups is 1. The van der Waals surface area contributed by atoms with Gasteiger partial charge in [-0.2, -0.15) is 5.10 Å². The molecule has 7 heteroatoms. The summed E-state index contributed by atoms with van der Waals surface area (Å²) in [7, 11) is 0. The number of phenols is 2. The second-order valence-corrected chi connectivity index (χ2v) is 7.54. The zero-order valence-electron chi connectivity index (χ0n) is 14.1. The van der Waals surface area contributed by atoms with Crippen molar-refractivity contribution in [3.8, 4) is 11.5 Å². The number of halogens is 2. The van der Waals surface area contributed by atoms with Crippen LogP contribution in [0.4, 0.5) is 0 Å². The number of aryl methyl sites for hydroxylation is 1. The second-order valence-electron chi connectivity index (χ2n) is 5.89. The molecule has 0 radical (unpaired) electrons. The Bertz CT molecular complexity index is 1030. The Kier molecular flexibility index (Phi) is 6.13. The van der Waals surface area contributed by atoms with E-state index < -0.39 is 0 Å². The lowest BCUT2D eigenvalue weighted by atomic mass is 10.0. The van der Waals surface area contributed by atoms with E-state index in [0.717, 1.165) is 16.3 Å². The number of benzene rings is 3. The van der Waals surface area contributed by atoms with Crippen molar-refractivity contribution in [2.24, 2.45) is 5.10 Å². The maximum Gasteiger partial charge on any atom is 0.240 e. The SMILES string of the molecule is O=C(CCc1cccc2ccccc12)N/N=C/c1cc(Br)c(O)c(Br)c1O. The van der Waals surface area contributed by atoms with Crippen molar-refractivity contribution in [1.29, 1.82) is 0 Å². The first kappa shape index (κ1) is 19.4. The van der Waals surface area contributed by atoms with Crippen LogP contribution >= 0.6 is 31.9 Å². The molecular weight excluding hydrogens is 476 g/mol. The minimum absolute atomic E-state index is 0.108. The molecular formula is C20H16Br2N2O3. The minimum Gasteiger partial charge on any atom is -0.506 e. The number of fused-ring (bicyclic) bond motifs is 1. The summed E-state index contributed by atoms with van der Waals surface area (Å²) >= 11 is 6.28. The number of hydrogen-bond donors (Lipinski definition) is 3. The molecule has 0 bridgehead atoms. The highest BCUT2D eigenvalue weighted by Crippen LogP contribution is 2.40. The number of carbonyl (C=O) groups excluding carboxylic acids is 1. The number of amides is 1. The molecule has 0 atom stereocenters. The smallest absolute Gasteiger partial charge is 0.240 e. The van der Waals surface area contributed by atoms with E-state index in [9.17, 15) is 15.0 Å². The van der Waals surface area contributed by atoms with Gasteiger partial charge in [0.25, 0.3) is 0 Å². The van der Waals surface area contributed by atoms with Crippen molar-refractivity contribution in [3.63, 3.8) is 0 Å². The summed E-state index contributed by atoms with van der Waals surface area (Å²) in [5, 5.41) is 25.9. The number of hydrogen-bond acceptors (Lipinski definition) is 4. The van der Waals surface area contributed by atoms with Gasteiger partial charge in [-0.25, -0.2) is 5.43 Å². The van der Waals surface area contributed by atoms with Crippen molar-refractivity contribution in [1.82, 2.24) is 5.43 Å². The summed E-state index contributed by atoms with van der Waals surface area (Å²) < 4.78 is 0.552. The lowest BCUT2D eigenvalue weighted by Gasteiger charge is -2.07. The third-order valence-corrected chi connectivity index (χ3v) is 5.45. The van der Waals surface area contributed by atoms with E-state index in [2.05, 4.69) is 42.4 Å². The van der Waals surface area contributed by atoms with E-state index in [-0.39, 0.29) is 21.9 Å². The van der Waals surface area contributed by atoms with Crippen LogP contribution in [0.1, 0.15) is 17.5 Å². The van der Waals surface area contributed by atoms with Gasteiger partial charge in [-0.1, -0.05) is 42.5 Å². The van der Waals surface area contributed by atoms with Crippen molar-refractivity contribution < 1.29 is 15.0 Å². The van der Waals surface area contributed by atoms with Gasteiger partial charge in [0.1, 0.15) is 16.0 Å². The number of aromatic hydroxyl groups is 2. The van der Waals surface area contributed by atoms with E-state index in [1.807, 2.05) is 42.5 Å². The zero-order chi connectivity index (χ0) is 19.4. The highest BCUT2D eigenvalue weighted by molar-refractivity contribution is 9.11. The molecule has 0 heterocycles. The molecule has 0 aliphatic carbocycles. The number of nitrogens with one attached hydrogen (secondary N) is 1. The van der Waals surface area contributed by atoms with Crippen molar-refractivity contribution in [2.75, 3.05) is 0 Å². The average Bonchev–Trinajstić information content (AvgIpc) is 2.68. The summed E-state index contributed by atoms with van der Waals surface area (Å²) in [5.74, 6) is -0.496. The van der Waals surface area contributed by atoms with Gasteiger partial charge in [-0.3, -0.25) is 4.79 Å². The fourth-order valence-corrected chi connectivity index (χ4v) is 3.86. The standard InChI is InChI=1S/C20H16Br2N2O3/c21-16-10-14(19(26)18(22)20(16)27)11-23-24-17(25)9-8-13-6-3-5-12-4-1-2-7-15(12)13/h1-7,10-11,26-27H,8-9H2,(H,24,25)/b23-11+. The Balaban J connectivity index is 1.63. The second kappa shape index (κ2) is 8.54. The van der Waals surface area contributed by atoms with Crippen LogP contribution in [-0.2, 0) is 11.2 Å². The van der Waals surface area contributed by atoms with Gasteiger partial charge in [0.15, 0.2) is 0 Å². The molecule has 3 aromatic rings. The monoisotopic (exact) mass is 490 g/mol. The molecule has 0 unspecified atom stereocenters. The average molecular weight is 492 g/mol. The van der Waals surface area contributed by atoms with Crippen LogP contribution in [0.25, 0.3) is 10.8 Å². The predicted octanol–water partition coefficient (Wildman–Crippen LogP) is 4.86. The van der Waals surface area contributed by atoms with Crippen LogP contribution < -0.4 is 5.43 Å². The largest absolute Gasteiger partial charge is 0.506 e. The molecule has 0 spiro atoms. The third kappa shape index (κ3) is 4.48.